The third-order valence-electron chi connectivity index (χ3n) is 4.92. The molecule has 1 unspecified atom stereocenters. The highest BCUT2D eigenvalue weighted by Gasteiger charge is 2.28. The van der Waals surface area contributed by atoms with Gasteiger partial charge in [0.1, 0.15) is 0 Å². The van der Waals surface area contributed by atoms with Gasteiger partial charge < -0.3 is 20.2 Å². The van der Waals surface area contributed by atoms with E-state index in [1.54, 1.807) is 4.90 Å². The zero-order valence-electron chi connectivity index (χ0n) is 15.5. The van der Waals surface area contributed by atoms with Crippen LogP contribution in [0.1, 0.15) is 18.4 Å². The minimum Gasteiger partial charge on any atom is -0.481 e. The van der Waals surface area contributed by atoms with Gasteiger partial charge in [-0.1, -0.05) is 36.4 Å². The largest absolute Gasteiger partial charge is 0.481 e. The molecular weight excluding hydrogens is 342 g/mol. The Kier molecular flexibility index (Phi) is 5.96. The number of hydrogen-bond acceptors (Lipinski definition) is 3. The van der Waals surface area contributed by atoms with Crippen LogP contribution in [-0.2, 0) is 11.3 Å². The highest BCUT2D eigenvalue weighted by Crippen LogP contribution is 2.22. The van der Waals surface area contributed by atoms with Crippen molar-refractivity contribution in [3.63, 3.8) is 0 Å². The lowest BCUT2D eigenvalue weighted by atomic mass is 9.99. The standard InChI is InChI=1S/C21H25N3O3/c1-23(18-10-3-2-4-11-18)14-16-8-5-6-12-19(16)22-21(27)24-13-7-9-17(15-24)20(25)26/h2-6,8,10-12,17H,7,9,13-15H2,1H3,(H,22,27)(H,25,26). The quantitative estimate of drug-likeness (QED) is 0.846. The number of urea groups is 1. The summed E-state index contributed by atoms with van der Waals surface area (Å²) in [6.45, 7) is 1.49. The second kappa shape index (κ2) is 8.58. The number of anilines is 2. The number of carboxylic acid groups (broad SMARTS) is 1. The predicted molar refractivity (Wildman–Crippen MR) is 106 cm³/mol. The van der Waals surface area contributed by atoms with Crippen molar-refractivity contribution in [2.75, 3.05) is 30.4 Å². The van der Waals surface area contributed by atoms with Crippen molar-refractivity contribution < 1.29 is 14.7 Å². The number of benzene rings is 2. The lowest BCUT2D eigenvalue weighted by Gasteiger charge is -2.31. The SMILES string of the molecule is CN(Cc1ccccc1NC(=O)N1CCCC(C(=O)O)C1)c1ccccc1. The molecule has 0 spiro atoms. The number of carbonyl (C=O) groups is 2. The van der Waals surface area contributed by atoms with Crippen molar-refractivity contribution in [1.29, 1.82) is 0 Å². The molecule has 2 aromatic rings. The molecule has 1 heterocycles. The molecule has 6 nitrogen and oxygen atoms in total. The molecule has 6 heteroatoms. The third kappa shape index (κ3) is 4.78. The predicted octanol–water partition coefficient (Wildman–Crippen LogP) is 3.65. The molecule has 0 aliphatic carbocycles. The van der Waals surface area contributed by atoms with E-state index in [-0.39, 0.29) is 12.6 Å². The summed E-state index contributed by atoms with van der Waals surface area (Å²) in [7, 11) is 2.01. The topological polar surface area (TPSA) is 72.9 Å². The molecule has 1 aliphatic heterocycles. The monoisotopic (exact) mass is 367 g/mol. The van der Waals surface area contributed by atoms with E-state index in [0.29, 0.717) is 25.9 Å². The zero-order chi connectivity index (χ0) is 19.2. The summed E-state index contributed by atoms with van der Waals surface area (Å²) in [6, 6.07) is 17.5. The molecule has 0 radical (unpaired) electrons. The maximum Gasteiger partial charge on any atom is 0.321 e. The first kappa shape index (κ1) is 18.8. The molecule has 2 amide bonds. The molecule has 0 aromatic heterocycles. The fourth-order valence-electron chi connectivity index (χ4n) is 3.37. The fraction of sp³-hybridized carbons (Fsp3) is 0.333. The van der Waals surface area contributed by atoms with Crippen molar-refractivity contribution in [3.05, 3.63) is 60.2 Å². The molecule has 3 rings (SSSR count). The van der Waals surface area contributed by atoms with Gasteiger partial charge in [-0.15, -0.1) is 0 Å². The summed E-state index contributed by atoms with van der Waals surface area (Å²) in [4.78, 5) is 27.6. The van der Waals surface area contributed by atoms with Crippen LogP contribution >= 0.6 is 0 Å². The van der Waals surface area contributed by atoms with E-state index in [4.69, 9.17) is 0 Å². The number of nitrogens with one attached hydrogen (secondary N) is 1. The number of piperidine rings is 1. The van der Waals surface area contributed by atoms with Crippen LogP contribution in [-0.4, -0.2) is 42.1 Å². The van der Waals surface area contributed by atoms with Gasteiger partial charge in [-0.05, 0) is 36.6 Å². The van der Waals surface area contributed by atoms with Crippen molar-refractivity contribution in [1.82, 2.24) is 4.90 Å². The number of rotatable bonds is 5. The first-order valence-electron chi connectivity index (χ1n) is 9.17. The summed E-state index contributed by atoms with van der Waals surface area (Å²) in [6.07, 6.45) is 1.33. The Morgan fingerprint density at radius 3 is 2.59 bits per heavy atom. The number of nitrogens with zero attached hydrogens (tertiary/aromatic N) is 2. The van der Waals surface area contributed by atoms with E-state index in [9.17, 15) is 14.7 Å². The number of carbonyl (C=O) groups excluding carboxylic acids is 1. The molecule has 142 valence electrons. The molecule has 0 saturated carbocycles. The number of aliphatic carboxylic acids is 1. The molecule has 2 aromatic carbocycles. The van der Waals surface area contributed by atoms with Crippen LogP contribution in [0.5, 0.6) is 0 Å². The van der Waals surface area contributed by atoms with Crippen LogP contribution in [0, 0.1) is 5.92 Å². The van der Waals surface area contributed by atoms with Gasteiger partial charge in [0.15, 0.2) is 0 Å². The van der Waals surface area contributed by atoms with E-state index in [1.165, 1.54) is 0 Å². The van der Waals surface area contributed by atoms with Gasteiger partial charge in [0, 0.05) is 38.1 Å². The Balaban J connectivity index is 1.68. The lowest BCUT2D eigenvalue weighted by Crippen LogP contribution is -2.44. The summed E-state index contributed by atoms with van der Waals surface area (Å²) >= 11 is 0. The second-order valence-corrected chi connectivity index (χ2v) is 6.90. The molecule has 0 bridgehead atoms. The van der Waals surface area contributed by atoms with Gasteiger partial charge in [-0.2, -0.15) is 0 Å². The maximum atomic E-state index is 12.7. The Bertz CT molecular complexity index is 794. The Hall–Kier alpha value is -3.02. The summed E-state index contributed by atoms with van der Waals surface area (Å²) < 4.78 is 0. The van der Waals surface area contributed by atoms with Crippen molar-refractivity contribution in [3.8, 4) is 0 Å². The van der Waals surface area contributed by atoms with Gasteiger partial charge in [0.2, 0.25) is 0 Å². The normalized spacial score (nSPS) is 16.6. The second-order valence-electron chi connectivity index (χ2n) is 6.90. The van der Waals surface area contributed by atoms with Gasteiger partial charge >= 0.3 is 12.0 Å². The summed E-state index contributed by atoms with van der Waals surface area (Å²) in [5, 5.41) is 12.2. The van der Waals surface area contributed by atoms with Crippen molar-refractivity contribution >= 4 is 23.4 Å². The van der Waals surface area contributed by atoms with Crippen molar-refractivity contribution in [2.45, 2.75) is 19.4 Å². The van der Waals surface area contributed by atoms with Crippen LogP contribution in [0.4, 0.5) is 16.2 Å². The van der Waals surface area contributed by atoms with Crippen LogP contribution < -0.4 is 10.2 Å². The Morgan fingerprint density at radius 1 is 1.15 bits per heavy atom. The highest BCUT2D eigenvalue weighted by molar-refractivity contribution is 5.90. The average molecular weight is 367 g/mol. The molecule has 27 heavy (non-hydrogen) atoms. The van der Waals surface area contributed by atoms with E-state index in [1.807, 2.05) is 61.6 Å². The smallest absolute Gasteiger partial charge is 0.321 e. The zero-order valence-corrected chi connectivity index (χ0v) is 15.5. The van der Waals surface area contributed by atoms with Crippen LogP contribution in [0.3, 0.4) is 0 Å². The van der Waals surface area contributed by atoms with Gasteiger partial charge in [-0.3, -0.25) is 4.79 Å². The first-order valence-corrected chi connectivity index (χ1v) is 9.17. The lowest BCUT2D eigenvalue weighted by molar-refractivity contribution is -0.143. The summed E-state index contributed by atoms with van der Waals surface area (Å²) in [5.74, 6) is -1.32. The van der Waals surface area contributed by atoms with Crippen molar-refractivity contribution in [2.24, 2.45) is 5.92 Å². The molecular formula is C21H25N3O3. The van der Waals surface area contributed by atoms with E-state index in [2.05, 4.69) is 10.2 Å². The molecule has 2 N–H and O–H groups in total. The first-order chi connectivity index (χ1) is 13.0. The minimum atomic E-state index is -0.836. The van der Waals surface area contributed by atoms with E-state index >= 15 is 0 Å². The number of para-hydroxylation sites is 2. The molecule has 1 aliphatic rings. The summed E-state index contributed by atoms with van der Waals surface area (Å²) in [5.41, 5.74) is 2.85. The highest BCUT2D eigenvalue weighted by atomic mass is 16.4. The number of likely N-dealkylation sites (tertiary alicyclic amines) is 1. The minimum absolute atomic E-state index is 0.240. The van der Waals surface area contributed by atoms with Gasteiger partial charge in [0.25, 0.3) is 0 Å². The Morgan fingerprint density at radius 2 is 1.85 bits per heavy atom. The third-order valence-corrected chi connectivity index (χ3v) is 4.92. The van der Waals surface area contributed by atoms with Crippen LogP contribution in [0.2, 0.25) is 0 Å². The molecule has 1 fully saturated rings. The Labute approximate surface area is 159 Å². The number of amides is 2. The van der Waals surface area contributed by atoms with Gasteiger partial charge in [0.05, 0.1) is 5.92 Å². The van der Waals surface area contributed by atoms with Gasteiger partial charge in [-0.25, -0.2) is 4.79 Å². The van der Waals surface area contributed by atoms with Crippen LogP contribution in [0.15, 0.2) is 54.6 Å². The average Bonchev–Trinajstić information content (AvgIpc) is 2.70. The fourth-order valence-corrected chi connectivity index (χ4v) is 3.37. The molecule has 1 saturated heterocycles. The molecule has 1 atom stereocenters. The van der Waals surface area contributed by atoms with E-state index in [0.717, 1.165) is 16.9 Å². The van der Waals surface area contributed by atoms with Crippen LogP contribution in [0.25, 0.3) is 0 Å². The number of hydrogen-bond donors (Lipinski definition) is 2. The van der Waals surface area contributed by atoms with E-state index < -0.39 is 11.9 Å². The number of carboxylic acids is 1. The maximum absolute atomic E-state index is 12.7.